The van der Waals surface area contributed by atoms with Crippen molar-refractivity contribution >= 4 is 35.0 Å². The molecule has 3 amide bonds. The number of rotatable bonds is 8. The number of hydrogen-bond donors (Lipinski definition) is 2. The standard InChI is InChI=1S/C20H22N2O5S/c1-13-8-10-17(28-13)16(23)9-11-18(24)27-14(2)19(25)22-20(26)21-12-15-6-4-3-5-7-15/h3-8,10,14H,9,11-12H2,1-2H3,(H2,21,22,25,26). The molecule has 0 aliphatic heterocycles. The summed E-state index contributed by atoms with van der Waals surface area (Å²) < 4.78 is 4.99. The van der Waals surface area contributed by atoms with Gasteiger partial charge in [-0.1, -0.05) is 30.3 Å². The third-order valence-electron chi connectivity index (χ3n) is 3.78. The van der Waals surface area contributed by atoms with Gasteiger partial charge in [-0.2, -0.15) is 0 Å². The molecule has 1 unspecified atom stereocenters. The first kappa shape index (κ1) is 21.3. The third-order valence-corrected chi connectivity index (χ3v) is 4.82. The molecular weight excluding hydrogens is 380 g/mol. The van der Waals surface area contributed by atoms with E-state index in [2.05, 4.69) is 10.6 Å². The number of Topliss-reactive ketones (excluding diaryl/α,β-unsaturated/α-hetero) is 1. The zero-order valence-corrected chi connectivity index (χ0v) is 16.5. The molecule has 1 aromatic carbocycles. The zero-order valence-electron chi connectivity index (χ0n) is 15.7. The Hall–Kier alpha value is -3.00. The van der Waals surface area contributed by atoms with Gasteiger partial charge in [-0.3, -0.25) is 19.7 Å². The lowest BCUT2D eigenvalue weighted by Crippen LogP contribution is -2.44. The fourth-order valence-electron chi connectivity index (χ4n) is 2.27. The van der Waals surface area contributed by atoms with Crippen LogP contribution in [0.3, 0.4) is 0 Å². The highest BCUT2D eigenvalue weighted by atomic mass is 32.1. The molecule has 7 nitrogen and oxygen atoms in total. The average Bonchev–Trinajstić information content (AvgIpc) is 3.11. The van der Waals surface area contributed by atoms with Crippen molar-refractivity contribution < 1.29 is 23.9 Å². The number of carbonyl (C=O) groups excluding carboxylic acids is 4. The predicted molar refractivity (Wildman–Crippen MR) is 105 cm³/mol. The molecular formula is C20H22N2O5S. The smallest absolute Gasteiger partial charge is 0.321 e. The lowest BCUT2D eigenvalue weighted by molar-refractivity contribution is -0.154. The molecule has 0 saturated carbocycles. The minimum Gasteiger partial charge on any atom is -0.453 e. The van der Waals surface area contributed by atoms with Gasteiger partial charge in [-0.15, -0.1) is 11.3 Å². The molecule has 1 aromatic heterocycles. The first-order valence-corrected chi connectivity index (χ1v) is 9.58. The number of ketones is 1. The van der Waals surface area contributed by atoms with Gasteiger partial charge in [0.15, 0.2) is 11.9 Å². The third kappa shape index (κ3) is 6.96. The number of imide groups is 1. The van der Waals surface area contributed by atoms with Gasteiger partial charge in [-0.25, -0.2) is 4.79 Å². The van der Waals surface area contributed by atoms with Crippen molar-refractivity contribution in [3.05, 3.63) is 57.8 Å². The molecule has 0 aliphatic rings. The summed E-state index contributed by atoms with van der Waals surface area (Å²) in [4.78, 5) is 49.1. The minimum atomic E-state index is -1.14. The molecule has 0 spiro atoms. The minimum absolute atomic E-state index is 0.00465. The normalized spacial score (nSPS) is 11.4. The lowest BCUT2D eigenvalue weighted by atomic mass is 10.2. The number of thiophene rings is 1. The summed E-state index contributed by atoms with van der Waals surface area (Å²) in [6.07, 6.45) is -1.27. The maximum Gasteiger partial charge on any atom is 0.321 e. The molecule has 8 heteroatoms. The fourth-order valence-corrected chi connectivity index (χ4v) is 3.10. The van der Waals surface area contributed by atoms with Crippen LogP contribution in [-0.2, 0) is 20.9 Å². The van der Waals surface area contributed by atoms with Gasteiger partial charge in [0.05, 0.1) is 11.3 Å². The van der Waals surface area contributed by atoms with Crippen molar-refractivity contribution in [2.75, 3.05) is 0 Å². The quantitative estimate of drug-likeness (QED) is 0.522. The molecule has 0 aliphatic carbocycles. The Balaban J connectivity index is 1.69. The van der Waals surface area contributed by atoms with E-state index in [4.69, 9.17) is 4.74 Å². The topological polar surface area (TPSA) is 102 Å². The largest absolute Gasteiger partial charge is 0.453 e. The van der Waals surface area contributed by atoms with Crippen LogP contribution >= 0.6 is 11.3 Å². The second-order valence-electron chi connectivity index (χ2n) is 6.12. The summed E-state index contributed by atoms with van der Waals surface area (Å²) in [5, 5.41) is 4.66. The van der Waals surface area contributed by atoms with E-state index in [9.17, 15) is 19.2 Å². The van der Waals surface area contributed by atoms with Crippen molar-refractivity contribution in [3.63, 3.8) is 0 Å². The van der Waals surface area contributed by atoms with E-state index in [1.165, 1.54) is 18.3 Å². The molecule has 2 N–H and O–H groups in total. The van der Waals surface area contributed by atoms with Crippen molar-refractivity contribution in [1.29, 1.82) is 0 Å². The summed E-state index contributed by atoms with van der Waals surface area (Å²) in [5.74, 6) is -1.56. The molecule has 28 heavy (non-hydrogen) atoms. The summed E-state index contributed by atoms with van der Waals surface area (Å²) in [6, 6.07) is 12.1. The molecule has 0 radical (unpaired) electrons. The number of nitrogens with one attached hydrogen (secondary N) is 2. The van der Waals surface area contributed by atoms with Gasteiger partial charge in [-0.05, 0) is 31.5 Å². The van der Waals surface area contributed by atoms with E-state index < -0.39 is 24.0 Å². The first-order chi connectivity index (χ1) is 13.3. The molecule has 1 atom stereocenters. The van der Waals surface area contributed by atoms with Crippen molar-refractivity contribution in [1.82, 2.24) is 10.6 Å². The summed E-state index contributed by atoms with van der Waals surface area (Å²) in [5.41, 5.74) is 0.884. The van der Waals surface area contributed by atoms with Crippen LogP contribution in [0.4, 0.5) is 4.79 Å². The lowest BCUT2D eigenvalue weighted by Gasteiger charge is -2.13. The molecule has 2 rings (SSSR count). The van der Waals surface area contributed by atoms with Gasteiger partial charge in [0.2, 0.25) is 0 Å². The van der Waals surface area contributed by atoms with Crippen molar-refractivity contribution in [3.8, 4) is 0 Å². The SMILES string of the molecule is Cc1ccc(C(=O)CCC(=O)OC(C)C(=O)NC(=O)NCc2ccccc2)s1. The highest BCUT2D eigenvalue weighted by molar-refractivity contribution is 7.14. The number of benzene rings is 1. The number of aryl methyl sites for hydroxylation is 1. The number of ether oxygens (including phenoxy) is 1. The van der Waals surface area contributed by atoms with Crippen LogP contribution in [0.15, 0.2) is 42.5 Å². The average molecular weight is 402 g/mol. The van der Waals surface area contributed by atoms with Crippen molar-refractivity contribution in [2.45, 2.75) is 39.3 Å². The van der Waals surface area contributed by atoms with Crippen molar-refractivity contribution in [2.24, 2.45) is 0 Å². The highest BCUT2D eigenvalue weighted by Crippen LogP contribution is 2.17. The summed E-state index contributed by atoms with van der Waals surface area (Å²) >= 11 is 1.37. The molecule has 2 aromatic rings. The number of urea groups is 1. The number of esters is 1. The maximum absolute atomic E-state index is 12.0. The van der Waals surface area contributed by atoms with E-state index in [0.29, 0.717) is 4.88 Å². The Morgan fingerprint density at radius 3 is 2.39 bits per heavy atom. The number of hydrogen-bond acceptors (Lipinski definition) is 6. The van der Waals surface area contributed by atoms with Crippen LogP contribution < -0.4 is 10.6 Å². The first-order valence-electron chi connectivity index (χ1n) is 8.77. The Labute approximate surface area is 167 Å². The van der Waals surface area contributed by atoms with Crippen LogP contribution in [0.2, 0.25) is 0 Å². The van der Waals surface area contributed by atoms with Crippen LogP contribution in [0, 0.1) is 6.92 Å². The Morgan fingerprint density at radius 1 is 1.04 bits per heavy atom. The number of amides is 3. The van der Waals surface area contributed by atoms with E-state index >= 15 is 0 Å². The van der Waals surface area contributed by atoms with Gasteiger partial charge in [0, 0.05) is 17.8 Å². The van der Waals surface area contributed by atoms with Gasteiger partial charge in [0.25, 0.3) is 5.91 Å². The van der Waals surface area contributed by atoms with Gasteiger partial charge in [0.1, 0.15) is 0 Å². The second kappa shape index (κ2) is 10.4. The Morgan fingerprint density at radius 2 is 1.75 bits per heavy atom. The molecule has 0 bridgehead atoms. The Kier molecular flexibility index (Phi) is 7.88. The molecule has 0 fully saturated rings. The van der Waals surface area contributed by atoms with Crippen LogP contribution in [0.5, 0.6) is 0 Å². The summed E-state index contributed by atoms with van der Waals surface area (Å²) in [7, 11) is 0. The number of carbonyl (C=O) groups is 4. The predicted octanol–water partition coefficient (Wildman–Crippen LogP) is 2.98. The van der Waals surface area contributed by atoms with E-state index in [-0.39, 0.29) is 25.2 Å². The maximum atomic E-state index is 12.0. The van der Waals surface area contributed by atoms with Gasteiger partial charge >= 0.3 is 12.0 Å². The van der Waals surface area contributed by atoms with Crippen LogP contribution in [0.1, 0.15) is 39.9 Å². The second-order valence-corrected chi connectivity index (χ2v) is 7.41. The molecule has 0 saturated heterocycles. The van der Waals surface area contributed by atoms with E-state index in [1.54, 1.807) is 6.07 Å². The van der Waals surface area contributed by atoms with E-state index in [0.717, 1.165) is 10.4 Å². The monoisotopic (exact) mass is 402 g/mol. The zero-order chi connectivity index (χ0) is 20.5. The molecule has 1 heterocycles. The fraction of sp³-hybridized carbons (Fsp3) is 0.300. The molecule has 148 valence electrons. The Bertz CT molecular complexity index is 847. The van der Waals surface area contributed by atoms with Crippen LogP contribution in [-0.4, -0.2) is 29.8 Å². The summed E-state index contributed by atoms with van der Waals surface area (Å²) in [6.45, 7) is 3.52. The highest BCUT2D eigenvalue weighted by Gasteiger charge is 2.20. The van der Waals surface area contributed by atoms with Crippen LogP contribution in [0.25, 0.3) is 0 Å². The van der Waals surface area contributed by atoms with E-state index in [1.807, 2.05) is 43.3 Å². The van der Waals surface area contributed by atoms with Gasteiger partial charge < -0.3 is 10.1 Å².